The third-order valence-corrected chi connectivity index (χ3v) is 6.66. The first-order valence-corrected chi connectivity index (χ1v) is 11.8. The molecular weight excluding hydrogens is 438 g/mol. The highest BCUT2D eigenvalue weighted by Gasteiger charge is 2.33. The summed E-state index contributed by atoms with van der Waals surface area (Å²) in [5, 5.41) is 0.633. The van der Waals surface area contributed by atoms with E-state index in [4.69, 9.17) is 19.2 Å². The van der Waals surface area contributed by atoms with Crippen LogP contribution in [0.4, 0.5) is 11.4 Å². The van der Waals surface area contributed by atoms with E-state index in [1.54, 1.807) is 26.2 Å². The number of hydrogen-bond donors (Lipinski definition) is 0. The van der Waals surface area contributed by atoms with Gasteiger partial charge in [-0.05, 0) is 48.9 Å². The lowest BCUT2D eigenvalue weighted by Gasteiger charge is -2.22. The molecule has 2 aromatic rings. The Morgan fingerprint density at radius 2 is 1.76 bits per heavy atom. The molecule has 0 saturated carbocycles. The molecule has 33 heavy (non-hydrogen) atoms. The van der Waals surface area contributed by atoms with Crippen LogP contribution in [0.2, 0.25) is 0 Å². The average Bonchev–Trinajstić information content (AvgIpc) is 3.47. The molecule has 8 heteroatoms. The van der Waals surface area contributed by atoms with Crippen molar-refractivity contribution in [3.63, 3.8) is 0 Å². The van der Waals surface area contributed by atoms with E-state index in [1.165, 1.54) is 24.6 Å². The molecule has 2 saturated heterocycles. The van der Waals surface area contributed by atoms with E-state index in [1.807, 2.05) is 48.5 Å². The highest BCUT2D eigenvalue weighted by Crippen LogP contribution is 2.40. The van der Waals surface area contributed by atoms with E-state index in [9.17, 15) is 4.79 Å². The lowest BCUT2D eigenvalue weighted by molar-refractivity contribution is -0.122. The molecule has 2 fully saturated rings. The van der Waals surface area contributed by atoms with E-state index in [0.717, 1.165) is 35.8 Å². The highest BCUT2D eigenvalue weighted by molar-refractivity contribution is 8.18. The van der Waals surface area contributed by atoms with E-state index < -0.39 is 0 Å². The van der Waals surface area contributed by atoms with E-state index in [2.05, 4.69) is 4.90 Å². The van der Waals surface area contributed by atoms with Crippen molar-refractivity contribution >= 4 is 40.3 Å². The van der Waals surface area contributed by atoms with Gasteiger partial charge in [-0.2, -0.15) is 0 Å². The van der Waals surface area contributed by atoms with Crippen LogP contribution in [-0.4, -0.2) is 63.5 Å². The summed E-state index contributed by atoms with van der Waals surface area (Å²) in [6, 6.07) is 13.6. The summed E-state index contributed by atoms with van der Waals surface area (Å²) in [7, 11) is 4.94. The third kappa shape index (κ3) is 5.17. The number of amides is 1. The fourth-order valence-corrected chi connectivity index (χ4v) is 4.96. The highest BCUT2D eigenvalue weighted by atomic mass is 32.2. The molecule has 2 aromatic carbocycles. The predicted octanol–water partition coefficient (Wildman–Crippen LogP) is 4.55. The molecule has 2 aliphatic rings. The van der Waals surface area contributed by atoms with E-state index in [0.29, 0.717) is 29.0 Å². The second-order valence-electron chi connectivity index (χ2n) is 7.75. The molecule has 0 N–H and O–H groups in total. The second-order valence-corrected chi connectivity index (χ2v) is 8.76. The van der Waals surface area contributed by atoms with Crippen molar-refractivity contribution in [1.29, 1.82) is 0 Å². The minimum absolute atomic E-state index is 0.101. The van der Waals surface area contributed by atoms with Crippen LogP contribution < -0.4 is 14.4 Å². The first-order chi connectivity index (χ1) is 16.1. The van der Waals surface area contributed by atoms with Crippen molar-refractivity contribution in [3.05, 3.63) is 52.9 Å². The zero-order valence-electron chi connectivity index (χ0n) is 19.2. The minimum Gasteiger partial charge on any atom is -0.496 e. The lowest BCUT2D eigenvalue weighted by atomic mass is 10.1. The van der Waals surface area contributed by atoms with Gasteiger partial charge in [0.1, 0.15) is 11.5 Å². The first-order valence-electron chi connectivity index (χ1n) is 11.0. The van der Waals surface area contributed by atoms with Crippen molar-refractivity contribution < 1.29 is 19.0 Å². The normalized spacial score (nSPS) is 18.6. The zero-order valence-corrected chi connectivity index (χ0v) is 20.1. The van der Waals surface area contributed by atoms with Crippen LogP contribution in [-0.2, 0) is 9.53 Å². The Kier molecular flexibility index (Phi) is 7.57. The van der Waals surface area contributed by atoms with Crippen LogP contribution in [0, 0.1) is 0 Å². The molecule has 0 aliphatic carbocycles. The quantitative estimate of drug-likeness (QED) is 0.531. The molecule has 0 bridgehead atoms. The number of ether oxygens (including phenoxy) is 3. The molecule has 2 heterocycles. The number of aliphatic imine (C=N–C) groups is 1. The summed E-state index contributed by atoms with van der Waals surface area (Å²) in [5.74, 6) is 1.38. The smallest absolute Gasteiger partial charge is 0.266 e. The van der Waals surface area contributed by atoms with Crippen molar-refractivity contribution in [2.45, 2.75) is 12.8 Å². The van der Waals surface area contributed by atoms with Crippen LogP contribution in [0.3, 0.4) is 0 Å². The third-order valence-electron chi connectivity index (χ3n) is 5.65. The number of methoxy groups -OCH3 is 3. The van der Waals surface area contributed by atoms with E-state index >= 15 is 0 Å². The van der Waals surface area contributed by atoms with Crippen LogP contribution in [0.1, 0.15) is 18.4 Å². The van der Waals surface area contributed by atoms with Crippen LogP contribution in [0.15, 0.2) is 52.4 Å². The van der Waals surface area contributed by atoms with Crippen molar-refractivity contribution in [2.24, 2.45) is 4.99 Å². The van der Waals surface area contributed by atoms with Crippen molar-refractivity contribution in [1.82, 2.24) is 4.90 Å². The Morgan fingerprint density at radius 3 is 2.42 bits per heavy atom. The molecule has 0 unspecified atom stereocenters. The predicted molar refractivity (Wildman–Crippen MR) is 134 cm³/mol. The number of rotatable bonds is 8. The Bertz CT molecular complexity index is 1050. The summed E-state index contributed by atoms with van der Waals surface area (Å²) >= 11 is 1.35. The summed E-state index contributed by atoms with van der Waals surface area (Å²) in [5.41, 5.74) is 2.61. The standard InChI is InChI=1S/C25H29N3O4S/c1-30-14-13-28-24(29)23(33-25(28)26-19-9-5-4-6-10-19)16-18-15-22(32-3)20(17-21(18)31-2)27-11-7-8-12-27/h4-6,9-10,15-17H,7-8,11-14H2,1-3H3. The SMILES string of the molecule is COCCN1C(=O)C(=Cc2cc(OC)c(N3CCCC3)cc2OC)SC1=Nc1ccccc1. The summed E-state index contributed by atoms with van der Waals surface area (Å²) in [6.07, 6.45) is 4.20. The van der Waals surface area contributed by atoms with Crippen molar-refractivity contribution in [2.75, 3.05) is 52.5 Å². The minimum atomic E-state index is -0.101. The van der Waals surface area contributed by atoms with Gasteiger partial charge in [0, 0.05) is 31.8 Å². The van der Waals surface area contributed by atoms with Gasteiger partial charge < -0.3 is 19.1 Å². The maximum Gasteiger partial charge on any atom is 0.266 e. The van der Waals surface area contributed by atoms with Gasteiger partial charge in [-0.3, -0.25) is 9.69 Å². The fraction of sp³-hybridized carbons (Fsp3) is 0.360. The number of hydrogen-bond acceptors (Lipinski definition) is 7. The van der Waals surface area contributed by atoms with Crippen LogP contribution in [0.25, 0.3) is 6.08 Å². The monoisotopic (exact) mass is 467 g/mol. The van der Waals surface area contributed by atoms with Crippen molar-refractivity contribution in [3.8, 4) is 11.5 Å². The molecule has 4 rings (SSSR count). The number of carbonyl (C=O) groups is 1. The lowest BCUT2D eigenvalue weighted by Crippen LogP contribution is -2.32. The van der Waals surface area contributed by atoms with Gasteiger partial charge >= 0.3 is 0 Å². The van der Waals surface area contributed by atoms with Gasteiger partial charge in [0.2, 0.25) is 0 Å². The first kappa shape index (κ1) is 23.2. The molecule has 0 spiro atoms. The Morgan fingerprint density at radius 1 is 1.03 bits per heavy atom. The molecule has 2 aliphatic heterocycles. The molecule has 0 atom stereocenters. The number of amidine groups is 1. The average molecular weight is 468 g/mol. The molecule has 7 nitrogen and oxygen atoms in total. The zero-order chi connectivity index (χ0) is 23.2. The Hall–Kier alpha value is -2.97. The molecule has 174 valence electrons. The van der Waals surface area contributed by atoms with Gasteiger partial charge in [-0.1, -0.05) is 18.2 Å². The number of thioether (sulfide) groups is 1. The number of nitrogens with zero attached hydrogens (tertiary/aromatic N) is 3. The van der Waals surface area contributed by atoms with Gasteiger partial charge in [-0.15, -0.1) is 0 Å². The summed E-state index contributed by atoms with van der Waals surface area (Å²) in [6.45, 7) is 2.86. The number of carbonyl (C=O) groups excluding carboxylic acids is 1. The number of benzene rings is 2. The number of anilines is 1. The fourth-order valence-electron chi connectivity index (χ4n) is 3.95. The summed E-state index contributed by atoms with van der Waals surface area (Å²) < 4.78 is 16.6. The molecule has 0 radical (unpaired) electrons. The van der Waals surface area contributed by atoms with Gasteiger partial charge in [-0.25, -0.2) is 4.99 Å². The topological polar surface area (TPSA) is 63.6 Å². The maximum atomic E-state index is 13.3. The number of para-hydroxylation sites is 1. The van der Waals surface area contributed by atoms with Crippen LogP contribution in [0.5, 0.6) is 11.5 Å². The molecule has 1 amide bonds. The largest absolute Gasteiger partial charge is 0.496 e. The molecular formula is C25H29N3O4S. The Balaban J connectivity index is 1.70. The van der Waals surface area contributed by atoms with E-state index in [-0.39, 0.29) is 5.91 Å². The van der Waals surface area contributed by atoms with Gasteiger partial charge in [0.15, 0.2) is 5.17 Å². The maximum absolute atomic E-state index is 13.3. The summed E-state index contributed by atoms with van der Waals surface area (Å²) in [4.78, 5) is 22.5. The second kappa shape index (κ2) is 10.8. The molecule has 0 aromatic heterocycles. The van der Waals surface area contributed by atoms with Gasteiger partial charge in [0.05, 0.1) is 43.7 Å². The van der Waals surface area contributed by atoms with Crippen LogP contribution >= 0.6 is 11.8 Å². The Labute approximate surface area is 199 Å². The van der Waals surface area contributed by atoms with Gasteiger partial charge in [0.25, 0.3) is 5.91 Å².